The SMILES string of the molecule is COc1cccc(CN2CC(C)NCC23CCCC3)n1. The van der Waals surface area contributed by atoms with Gasteiger partial charge in [-0.2, -0.15) is 0 Å². The highest BCUT2D eigenvalue weighted by atomic mass is 16.5. The lowest BCUT2D eigenvalue weighted by molar-refractivity contribution is 0.0381. The summed E-state index contributed by atoms with van der Waals surface area (Å²) in [7, 11) is 1.68. The van der Waals surface area contributed by atoms with Crippen molar-refractivity contribution >= 4 is 0 Å². The number of hydrogen-bond acceptors (Lipinski definition) is 4. The molecule has 2 heterocycles. The van der Waals surface area contributed by atoms with E-state index in [0.29, 0.717) is 17.5 Å². The zero-order chi connectivity index (χ0) is 14.0. The molecule has 1 aromatic heterocycles. The summed E-state index contributed by atoms with van der Waals surface area (Å²) in [5.41, 5.74) is 1.47. The molecule has 0 radical (unpaired) electrons. The van der Waals surface area contributed by atoms with Crippen molar-refractivity contribution < 1.29 is 4.74 Å². The smallest absolute Gasteiger partial charge is 0.213 e. The van der Waals surface area contributed by atoms with Gasteiger partial charge in [-0.3, -0.25) is 4.90 Å². The largest absolute Gasteiger partial charge is 0.481 e. The van der Waals surface area contributed by atoms with Crippen molar-refractivity contribution in [2.75, 3.05) is 20.2 Å². The van der Waals surface area contributed by atoms with Crippen LogP contribution in [0.1, 0.15) is 38.3 Å². The van der Waals surface area contributed by atoms with Crippen LogP contribution in [0.2, 0.25) is 0 Å². The summed E-state index contributed by atoms with van der Waals surface area (Å²) in [6.45, 7) is 5.44. The first kappa shape index (κ1) is 13.8. The second-order valence-corrected chi connectivity index (χ2v) is 6.27. The molecule has 2 aliphatic rings. The van der Waals surface area contributed by atoms with Crippen molar-refractivity contribution in [1.29, 1.82) is 0 Å². The molecule has 1 atom stereocenters. The number of ether oxygens (including phenoxy) is 1. The Morgan fingerprint density at radius 2 is 2.20 bits per heavy atom. The van der Waals surface area contributed by atoms with Gasteiger partial charge in [-0.05, 0) is 25.8 Å². The number of aromatic nitrogens is 1. The molecule has 1 unspecified atom stereocenters. The van der Waals surface area contributed by atoms with E-state index >= 15 is 0 Å². The second-order valence-electron chi connectivity index (χ2n) is 6.27. The van der Waals surface area contributed by atoms with Crippen LogP contribution >= 0.6 is 0 Å². The van der Waals surface area contributed by atoms with Gasteiger partial charge in [-0.15, -0.1) is 0 Å². The summed E-state index contributed by atoms with van der Waals surface area (Å²) in [5, 5.41) is 3.67. The summed E-state index contributed by atoms with van der Waals surface area (Å²) in [4.78, 5) is 7.24. The Balaban J connectivity index is 1.78. The number of nitrogens with zero attached hydrogens (tertiary/aromatic N) is 2. The number of nitrogens with one attached hydrogen (secondary N) is 1. The number of pyridine rings is 1. The molecule has 3 rings (SSSR count). The van der Waals surface area contributed by atoms with Gasteiger partial charge in [0, 0.05) is 37.3 Å². The van der Waals surface area contributed by atoms with Gasteiger partial charge < -0.3 is 10.1 Å². The van der Waals surface area contributed by atoms with E-state index in [4.69, 9.17) is 4.74 Å². The Labute approximate surface area is 121 Å². The summed E-state index contributed by atoms with van der Waals surface area (Å²) in [6.07, 6.45) is 5.35. The molecule has 4 nitrogen and oxygen atoms in total. The lowest BCUT2D eigenvalue weighted by atomic mass is 9.91. The van der Waals surface area contributed by atoms with E-state index in [1.807, 2.05) is 12.1 Å². The standard InChI is InChI=1S/C16H25N3O/c1-13-10-19(16(12-17-13)8-3-4-9-16)11-14-6-5-7-15(18-14)20-2/h5-7,13,17H,3-4,8-12H2,1-2H3. The third-order valence-corrected chi connectivity index (χ3v) is 4.82. The quantitative estimate of drug-likeness (QED) is 0.917. The third-order valence-electron chi connectivity index (χ3n) is 4.82. The Kier molecular flexibility index (Phi) is 3.94. The maximum Gasteiger partial charge on any atom is 0.213 e. The fraction of sp³-hybridized carbons (Fsp3) is 0.688. The van der Waals surface area contributed by atoms with E-state index < -0.39 is 0 Å². The van der Waals surface area contributed by atoms with Crippen LogP contribution in [0.15, 0.2) is 18.2 Å². The first-order valence-electron chi connectivity index (χ1n) is 7.70. The molecular formula is C16H25N3O. The van der Waals surface area contributed by atoms with Gasteiger partial charge >= 0.3 is 0 Å². The molecule has 1 aliphatic carbocycles. The summed E-state index contributed by atoms with van der Waals surface area (Å²) in [5.74, 6) is 0.714. The number of hydrogen-bond donors (Lipinski definition) is 1. The van der Waals surface area contributed by atoms with Crippen LogP contribution < -0.4 is 10.1 Å². The zero-order valence-corrected chi connectivity index (χ0v) is 12.6. The van der Waals surface area contributed by atoms with Crippen LogP contribution in [0, 0.1) is 0 Å². The lowest BCUT2D eigenvalue weighted by Gasteiger charge is -2.47. The van der Waals surface area contributed by atoms with Crippen LogP contribution in [0.25, 0.3) is 0 Å². The minimum absolute atomic E-state index is 0.358. The Morgan fingerprint density at radius 3 is 2.95 bits per heavy atom. The molecular weight excluding hydrogens is 250 g/mol. The van der Waals surface area contributed by atoms with Gasteiger partial charge in [0.15, 0.2) is 0 Å². The molecule has 1 saturated heterocycles. The fourth-order valence-electron chi connectivity index (χ4n) is 3.68. The van der Waals surface area contributed by atoms with Crippen molar-refractivity contribution in [3.8, 4) is 5.88 Å². The molecule has 0 aromatic carbocycles. The molecule has 110 valence electrons. The van der Waals surface area contributed by atoms with Gasteiger partial charge in [-0.1, -0.05) is 18.9 Å². The van der Waals surface area contributed by atoms with E-state index in [9.17, 15) is 0 Å². The average Bonchev–Trinajstić information content (AvgIpc) is 2.93. The zero-order valence-electron chi connectivity index (χ0n) is 12.6. The highest BCUT2D eigenvalue weighted by Gasteiger charge is 2.42. The molecule has 4 heteroatoms. The van der Waals surface area contributed by atoms with Crippen LogP contribution in [0.3, 0.4) is 0 Å². The Morgan fingerprint density at radius 1 is 1.40 bits per heavy atom. The van der Waals surface area contributed by atoms with Gasteiger partial charge in [0.1, 0.15) is 0 Å². The number of piperazine rings is 1. The first-order chi connectivity index (χ1) is 9.72. The molecule has 2 fully saturated rings. The topological polar surface area (TPSA) is 37.4 Å². The summed E-state index contributed by atoms with van der Waals surface area (Å²) < 4.78 is 5.24. The van der Waals surface area contributed by atoms with E-state index in [0.717, 1.165) is 25.3 Å². The predicted molar refractivity (Wildman–Crippen MR) is 79.9 cm³/mol. The van der Waals surface area contributed by atoms with E-state index in [1.54, 1.807) is 7.11 Å². The minimum Gasteiger partial charge on any atom is -0.481 e. The molecule has 1 N–H and O–H groups in total. The van der Waals surface area contributed by atoms with Crippen LogP contribution in [-0.4, -0.2) is 41.7 Å². The van der Waals surface area contributed by atoms with E-state index in [-0.39, 0.29) is 0 Å². The fourth-order valence-corrected chi connectivity index (χ4v) is 3.68. The lowest BCUT2D eigenvalue weighted by Crippen LogP contribution is -2.62. The molecule has 0 amide bonds. The highest BCUT2D eigenvalue weighted by molar-refractivity contribution is 5.16. The van der Waals surface area contributed by atoms with Crippen LogP contribution in [0.4, 0.5) is 0 Å². The van der Waals surface area contributed by atoms with Crippen LogP contribution in [0.5, 0.6) is 5.88 Å². The van der Waals surface area contributed by atoms with Gasteiger partial charge in [0.05, 0.1) is 12.8 Å². The van der Waals surface area contributed by atoms with Crippen molar-refractivity contribution in [3.63, 3.8) is 0 Å². The third kappa shape index (κ3) is 2.67. The normalized spacial score (nSPS) is 26.0. The maximum atomic E-state index is 5.24. The van der Waals surface area contributed by atoms with Gasteiger partial charge in [-0.25, -0.2) is 4.98 Å². The molecule has 0 bridgehead atoms. The van der Waals surface area contributed by atoms with Gasteiger partial charge in [0.2, 0.25) is 5.88 Å². The second kappa shape index (κ2) is 5.70. The van der Waals surface area contributed by atoms with E-state index in [1.165, 1.54) is 25.7 Å². The summed E-state index contributed by atoms with van der Waals surface area (Å²) in [6, 6.07) is 6.62. The van der Waals surface area contributed by atoms with Crippen molar-refractivity contribution in [2.24, 2.45) is 0 Å². The van der Waals surface area contributed by atoms with Crippen molar-refractivity contribution in [1.82, 2.24) is 15.2 Å². The molecule has 20 heavy (non-hydrogen) atoms. The summed E-state index contributed by atoms with van der Waals surface area (Å²) >= 11 is 0. The molecule has 1 spiro atoms. The monoisotopic (exact) mass is 275 g/mol. The Bertz CT molecular complexity index is 457. The Hall–Kier alpha value is -1.13. The minimum atomic E-state index is 0.358. The van der Waals surface area contributed by atoms with Crippen molar-refractivity contribution in [2.45, 2.75) is 50.7 Å². The predicted octanol–water partition coefficient (Wildman–Crippen LogP) is 2.20. The highest BCUT2D eigenvalue weighted by Crippen LogP contribution is 2.37. The van der Waals surface area contributed by atoms with Gasteiger partial charge in [0.25, 0.3) is 0 Å². The number of rotatable bonds is 3. The van der Waals surface area contributed by atoms with Crippen molar-refractivity contribution in [3.05, 3.63) is 23.9 Å². The molecule has 1 saturated carbocycles. The average molecular weight is 275 g/mol. The number of methoxy groups -OCH3 is 1. The first-order valence-corrected chi connectivity index (χ1v) is 7.70. The maximum absolute atomic E-state index is 5.24. The van der Waals surface area contributed by atoms with Crippen LogP contribution in [-0.2, 0) is 6.54 Å². The molecule has 1 aliphatic heterocycles. The molecule has 1 aromatic rings. The van der Waals surface area contributed by atoms with E-state index in [2.05, 4.69) is 28.2 Å².